The van der Waals surface area contributed by atoms with Crippen LogP contribution >= 0.6 is 35.7 Å². The average molecular weight is 522 g/mol. The van der Waals surface area contributed by atoms with Crippen LogP contribution in [0.25, 0.3) is 0 Å². The second kappa shape index (κ2) is 12.3. The van der Waals surface area contributed by atoms with Crippen molar-refractivity contribution >= 4 is 41.7 Å². The number of ether oxygens (including phenoxy) is 1. The van der Waals surface area contributed by atoms with Gasteiger partial charge < -0.3 is 19.8 Å². The van der Waals surface area contributed by atoms with Gasteiger partial charge in [0.15, 0.2) is 5.96 Å². The van der Waals surface area contributed by atoms with E-state index in [2.05, 4.69) is 34.8 Å². The molecule has 0 saturated carbocycles. The first kappa shape index (κ1) is 23.8. The molecule has 8 heteroatoms. The number of nitrogens with one attached hydrogen (secondary N) is 2. The lowest BCUT2D eigenvalue weighted by molar-refractivity contribution is 0.0794. The van der Waals surface area contributed by atoms with Crippen LogP contribution in [0.3, 0.4) is 0 Å². The molecule has 2 fully saturated rings. The maximum atomic E-state index is 5.73. The summed E-state index contributed by atoms with van der Waals surface area (Å²) in [6.07, 6.45) is 8.64. The molecule has 28 heavy (non-hydrogen) atoms. The van der Waals surface area contributed by atoms with Gasteiger partial charge >= 0.3 is 0 Å². The van der Waals surface area contributed by atoms with E-state index >= 15 is 0 Å². The molecule has 160 valence electrons. The van der Waals surface area contributed by atoms with Crippen molar-refractivity contribution in [2.45, 2.75) is 43.4 Å². The van der Waals surface area contributed by atoms with Crippen LogP contribution in [-0.4, -0.2) is 67.8 Å². The Morgan fingerprint density at radius 1 is 1.29 bits per heavy atom. The monoisotopic (exact) mass is 522 g/mol. The predicted molar refractivity (Wildman–Crippen MR) is 128 cm³/mol. The number of hydrogen-bond donors (Lipinski definition) is 2. The summed E-state index contributed by atoms with van der Waals surface area (Å²) in [6, 6.07) is 4.31. The molecule has 1 unspecified atom stereocenters. The van der Waals surface area contributed by atoms with Crippen molar-refractivity contribution in [3.63, 3.8) is 0 Å². The van der Waals surface area contributed by atoms with Crippen LogP contribution in [0.2, 0.25) is 0 Å². The third-order valence-electron chi connectivity index (χ3n) is 5.62. The molecule has 2 aliphatic rings. The van der Waals surface area contributed by atoms with Crippen molar-refractivity contribution in [2.75, 3.05) is 52.2 Å². The van der Waals surface area contributed by atoms with E-state index in [0.29, 0.717) is 0 Å². The minimum absolute atomic E-state index is 0. The number of likely N-dealkylation sites (tertiary alicyclic amines) is 1. The van der Waals surface area contributed by atoms with Crippen LogP contribution < -0.4 is 10.6 Å². The second-order valence-electron chi connectivity index (χ2n) is 7.35. The van der Waals surface area contributed by atoms with Gasteiger partial charge in [0.25, 0.3) is 0 Å². The highest BCUT2D eigenvalue weighted by Gasteiger charge is 2.32. The molecule has 3 heterocycles. The van der Waals surface area contributed by atoms with Crippen LogP contribution in [0.4, 0.5) is 0 Å². The Morgan fingerprint density at radius 2 is 2.04 bits per heavy atom. The van der Waals surface area contributed by atoms with Gasteiger partial charge in [-0.15, -0.1) is 24.0 Å². The molecule has 0 spiro atoms. The molecule has 2 saturated heterocycles. The molecule has 0 amide bonds. The lowest BCUT2D eigenvalue weighted by atomic mass is 9.99. The van der Waals surface area contributed by atoms with Gasteiger partial charge in [0.1, 0.15) is 5.76 Å². The van der Waals surface area contributed by atoms with Crippen molar-refractivity contribution in [3.05, 3.63) is 24.2 Å². The largest absolute Gasteiger partial charge is 0.468 e. The highest BCUT2D eigenvalue weighted by Crippen LogP contribution is 2.34. The van der Waals surface area contributed by atoms with E-state index in [1.807, 2.05) is 17.8 Å². The van der Waals surface area contributed by atoms with Crippen molar-refractivity contribution in [1.29, 1.82) is 0 Å². The number of aliphatic imine (C=N–C) groups is 1. The standard InChI is InChI=1S/C20H34N4O2S.HI/c1-3-21-19(23-16-20(27-2)8-13-25-14-9-20)22-15-17(18-7-6-12-26-18)24-10-4-5-11-24;/h6-7,12,17H,3-5,8-11,13-16H2,1-2H3,(H2,21,22,23);1H. The lowest BCUT2D eigenvalue weighted by Gasteiger charge is -2.34. The first-order valence-corrected chi connectivity index (χ1v) is 11.4. The summed E-state index contributed by atoms with van der Waals surface area (Å²) >= 11 is 1.93. The number of rotatable bonds is 8. The normalized spacial score (nSPS) is 21.1. The fourth-order valence-electron chi connectivity index (χ4n) is 3.87. The highest BCUT2D eigenvalue weighted by atomic mass is 127. The Hall–Kier alpha value is -0.450. The van der Waals surface area contributed by atoms with E-state index in [0.717, 1.165) is 70.5 Å². The average Bonchev–Trinajstić information content (AvgIpc) is 3.42. The molecule has 0 radical (unpaired) electrons. The van der Waals surface area contributed by atoms with Crippen molar-refractivity contribution in [1.82, 2.24) is 15.5 Å². The Bertz CT molecular complexity index is 573. The van der Waals surface area contributed by atoms with Crippen molar-refractivity contribution in [3.8, 4) is 0 Å². The van der Waals surface area contributed by atoms with Gasteiger partial charge in [0, 0.05) is 31.1 Å². The van der Waals surface area contributed by atoms with Gasteiger partial charge in [-0.05, 0) is 64.1 Å². The van der Waals surface area contributed by atoms with Crippen LogP contribution in [-0.2, 0) is 4.74 Å². The van der Waals surface area contributed by atoms with E-state index in [9.17, 15) is 0 Å². The summed E-state index contributed by atoms with van der Waals surface area (Å²) in [6.45, 7) is 8.55. The molecule has 1 atom stereocenters. The fraction of sp³-hybridized carbons (Fsp3) is 0.750. The van der Waals surface area contributed by atoms with Gasteiger partial charge in [-0.1, -0.05) is 0 Å². The topological polar surface area (TPSA) is 62.0 Å². The van der Waals surface area contributed by atoms with Crippen LogP contribution in [0.5, 0.6) is 0 Å². The molecule has 2 aliphatic heterocycles. The molecule has 0 aliphatic carbocycles. The number of nitrogens with zero attached hydrogens (tertiary/aromatic N) is 2. The second-order valence-corrected chi connectivity index (χ2v) is 8.62. The maximum Gasteiger partial charge on any atom is 0.191 e. The molecular formula is C20H35IN4O2S. The number of thioether (sulfide) groups is 1. The molecule has 0 bridgehead atoms. The third-order valence-corrected chi connectivity index (χ3v) is 7.03. The summed E-state index contributed by atoms with van der Waals surface area (Å²) in [5, 5.41) is 6.97. The van der Waals surface area contributed by atoms with Crippen LogP contribution in [0, 0.1) is 0 Å². The van der Waals surface area contributed by atoms with Crippen LogP contribution in [0.15, 0.2) is 27.8 Å². The van der Waals surface area contributed by atoms with Gasteiger partial charge in [0.2, 0.25) is 0 Å². The van der Waals surface area contributed by atoms with E-state index < -0.39 is 0 Å². The summed E-state index contributed by atoms with van der Waals surface area (Å²) in [5.74, 6) is 1.93. The SMILES string of the molecule is CCNC(=NCC1(SC)CCOCC1)NCC(c1ccco1)N1CCCC1.I. The first-order valence-electron chi connectivity index (χ1n) is 10.2. The van der Waals surface area contributed by atoms with Gasteiger partial charge in [-0.2, -0.15) is 11.8 Å². The molecule has 1 aromatic heterocycles. The number of hydrogen-bond acceptors (Lipinski definition) is 5. The van der Waals surface area contributed by atoms with Gasteiger partial charge in [-0.3, -0.25) is 9.89 Å². The van der Waals surface area contributed by atoms with Gasteiger partial charge in [0.05, 0.1) is 18.8 Å². The van der Waals surface area contributed by atoms with E-state index in [-0.39, 0.29) is 34.8 Å². The number of halogens is 1. The summed E-state index contributed by atoms with van der Waals surface area (Å²) in [5.41, 5.74) is 0. The smallest absolute Gasteiger partial charge is 0.191 e. The zero-order valence-corrected chi connectivity index (χ0v) is 20.3. The highest BCUT2D eigenvalue weighted by molar-refractivity contribution is 14.0. The molecule has 0 aromatic carbocycles. The number of furan rings is 1. The first-order chi connectivity index (χ1) is 13.3. The molecule has 2 N–H and O–H groups in total. The Morgan fingerprint density at radius 3 is 2.64 bits per heavy atom. The Labute approximate surface area is 190 Å². The Kier molecular flexibility index (Phi) is 10.5. The van der Waals surface area contributed by atoms with E-state index in [1.165, 1.54) is 12.8 Å². The zero-order valence-electron chi connectivity index (χ0n) is 17.1. The molecule has 3 rings (SSSR count). The molecule has 1 aromatic rings. The summed E-state index contributed by atoms with van der Waals surface area (Å²) in [7, 11) is 0. The third kappa shape index (κ3) is 6.53. The predicted octanol–water partition coefficient (Wildman–Crippen LogP) is 3.50. The summed E-state index contributed by atoms with van der Waals surface area (Å²) in [4.78, 5) is 7.44. The zero-order chi connectivity index (χ0) is 19.0. The van der Waals surface area contributed by atoms with E-state index in [1.54, 1.807) is 6.26 Å². The van der Waals surface area contributed by atoms with Gasteiger partial charge in [-0.25, -0.2) is 0 Å². The van der Waals surface area contributed by atoms with Crippen LogP contribution in [0.1, 0.15) is 44.4 Å². The number of guanidine groups is 1. The maximum absolute atomic E-state index is 5.73. The fourth-order valence-corrected chi connectivity index (χ4v) is 4.64. The van der Waals surface area contributed by atoms with E-state index in [4.69, 9.17) is 14.1 Å². The Balaban J connectivity index is 0.00000280. The van der Waals surface area contributed by atoms with Crippen molar-refractivity contribution < 1.29 is 9.15 Å². The minimum atomic E-state index is 0. The van der Waals surface area contributed by atoms with Crippen molar-refractivity contribution in [2.24, 2.45) is 4.99 Å². The quantitative estimate of drug-likeness (QED) is 0.310. The molecule has 6 nitrogen and oxygen atoms in total. The molecular weight excluding hydrogens is 487 g/mol. The lowest BCUT2D eigenvalue weighted by Crippen LogP contribution is -2.44. The summed E-state index contributed by atoms with van der Waals surface area (Å²) < 4.78 is 11.5. The minimum Gasteiger partial charge on any atom is -0.468 e.